The summed E-state index contributed by atoms with van der Waals surface area (Å²) in [5.74, 6) is -1.27. The molecule has 0 bridgehead atoms. The van der Waals surface area contributed by atoms with E-state index in [9.17, 15) is 19.2 Å². The van der Waals surface area contributed by atoms with Crippen molar-refractivity contribution in [3.63, 3.8) is 0 Å². The number of nitrogens with one attached hydrogen (secondary N) is 1. The maximum atomic E-state index is 12.1. The van der Waals surface area contributed by atoms with Gasteiger partial charge in [-0.05, 0) is 25.1 Å². The third-order valence-electron chi connectivity index (χ3n) is 4.12. The number of anilines is 1. The number of aromatic nitrogens is 1. The molecule has 2 amide bonds. The molecule has 1 saturated heterocycles. The van der Waals surface area contributed by atoms with Gasteiger partial charge in [-0.1, -0.05) is 16.5 Å². The minimum atomic E-state index is -0.562. The molecule has 174 valence electrons. The normalized spacial score (nSPS) is 15.7. The Morgan fingerprint density at radius 3 is 2.50 bits per heavy atom. The Balaban J connectivity index is 0.000000451. The van der Waals surface area contributed by atoms with E-state index in [-0.39, 0.29) is 12.0 Å². The van der Waals surface area contributed by atoms with Crippen molar-refractivity contribution in [3.05, 3.63) is 23.0 Å². The molecule has 12 heteroatoms. The number of hydrogen-bond donors (Lipinski definition) is 1. The molecule has 0 spiro atoms. The average molecular weight is 467 g/mol. The molecule has 3 rings (SSSR count). The summed E-state index contributed by atoms with van der Waals surface area (Å²) in [7, 11) is 1.92. The highest BCUT2D eigenvalue weighted by Gasteiger charge is 2.32. The first-order valence-electron chi connectivity index (χ1n) is 9.79. The molecule has 1 aromatic heterocycles. The van der Waals surface area contributed by atoms with Crippen LogP contribution in [0.1, 0.15) is 27.7 Å². The highest BCUT2D eigenvalue weighted by molar-refractivity contribution is 7.16. The predicted molar refractivity (Wildman–Crippen MR) is 117 cm³/mol. The van der Waals surface area contributed by atoms with Gasteiger partial charge < -0.3 is 24.2 Å². The van der Waals surface area contributed by atoms with Gasteiger partial charge in [0.05, 0.1) is 23.3 Å². The number of esters is 2. The van der Waals surface area contributed by atoms with Crippen LogP contribution in [0.5, 0.6) is 0 Å². The number of rotatable bonds is 5. The van der Waals surface area contributed by atoms with Crippen LogP contribution < -0.4 is 15.0 Å². The first kappa shape index (κ1) is 24.9. The van der Waals surface area contributed by atoms with Crippen molar-refractivity contribution in [2.24, 2.45) is 12.2 Å². The molecular formula is C20H26N4O7S. The molecule has 2 heterocycles. The number of carbonyl (C=O) groups is 4. The van der Waals surface area contributed by atoms with E-state index in [1.807, 2.05) is 36.7 Å². The van der Waals surface area contributed by atoms with Crippen LogP contribution in [-0.4, -0.2) is 54.3 Å². The van der Waals surface area contributed by atoms with Crippen LogP contribution >= 0.6 is 11.3 Å². The Bertz CT molecular complexity index is 1060. The first-order chi connectivity index (χ1) is 15.1. The summed E-state index contributed by atoms with van der Waals surface area (Å²) in [6.07, 6.45) is -0.759. The number of fused-ring (bicyclic) bond motifs is 1. The fourth-order valence-corrected chi connectivity index (χ4v) is 3.81. The molecule has 1 fully saturated rings. The summed E-state index contributed by atoms with van der Waals surface area (Å²) in [6.45, 7) is 6.90. The van der Waals surface area contributed by atoms with E-state index >= 15 is 0 Å². The van der Waals surface area contributed by atoms with Crippen molar-refractivity contribution in [1.29, 1.82) is 0 Å². The molecule has 1 aliphatic heterocycles. The first-order valence-corrected chi connectivity index (χ1v) is 10.6. The molecular weight excluding hydrogens is 440 g/mol. The summed E-state index contributed by atoms with van der Waals surface area (Å²) >= 11 is 1.49. The fraction of sp³-hybridized carbons (Fsp3) is 0.450. The van der Waals surface area contributed by atoms with E-state index in [0.717, 1.165) is 20.7 Å². The standard InChI is InChI=1S/C16H20N4O4S.C4H6O3/c1-4-23-18-15-19(3)13-6-5-11(7-14(13)25-15)20-9-12(24-16(20)22)8-17-10(2)21;1-3(5)7-4(2)6/h5-7,12H,4,8-9H2,1-3H3,(H,17,21);1-2H3/t12-;/m0./s1. The van der Waals surface area contributed by atoms with Crippen LogP contribution in [0.25, 0.3) is 10.2 Å². The second kappa shape index (κ2) is 11.3. The van der Waals surface area contributed by atoms with E-state index in [1.54, 1.807) is 4.90 Å². The van der Waals surface area contributed by atoms with Gasteiger partial charge in [0.25, 0.3) is 0 Å². The molecule has 0 radical (unpaired) electrons. The van der Waals surface area contributed by atoms with E-state index in [4.69, 9.17) is 9.57 Å². The zero-order valence-electron chi connectivity index (χ0n) is 18.5. The smallest absolute Gasteiger partial charge is 0.414 e. The number of aryl methyl sites for hydroxylation is 1. The quantitative estimate of drug-likeness (QED) is 0.403. The molecule has 1 N–H and O–H groups in total. The van der Waals surface area contributed by atoms with Crippen LogP contribution in [0.2, 0.25) is 0 Å². The molecule has 32 heavy (non-hydrogen) atoms. The number of ether oxygens (including phenoxy) is 2. The van der Waals surface area contributed by atoms with Gasteiger partial charge in [0.15, 0.2) is 0 Å². The lowest BCUT2D eigenvalue weighted by Crippen LogP contribution is -2.33. The Hall–Kier alpha value is -3.41. The Morgan fingerprint density at radius 2 is 1.94 bits per heavy atom. The molecule has 1 aliphatic rings. The number of amides is 2. The van der Waals surface area contributed by atoms with Crippen LogP contribution in [0.15, 0.2) is 23.4 Å². The lowest BCUT2D eigenvalue weighted by atomic mass is 10.2. The van der Waals surface area contributed by atoms with Crippen LogP contribution in [0.4, 0.5) is 10.5 Å². The van der Waals surface area contributed by atoms with Gasteiger partial charge in [-0.15, -0.1) is 0 Å². The van der Waals surface area contributed by atoms with E-state index in [1.165, 1.54) is 32.1 Å². The molecule has 1 atom stereocenters. The summed E-state index contributed by atoms with van der Waals surface area (Å²) in [5, 5.41) is 6.76. The SMILES string of the molecule is CC(=O)OC(C)=O.CCON=c1sc2cc(N3C[C@H](CNC(C)=O)OC3=O)ccc2n1C. The zero-order valence-corrected chi connectivity index (χ0v) is 19.4. The zero-order chi connectivity index (χ0) is 23.8. The molecule has 1 aromatic carbocycles. The van der Waals surface area contributed by atoms with Crippen LogP contribution in [-0.2, 0) is 35.7 Å². The van der Waals surface area contributed by atoms with Crippen molar-refractivity contribution in [2.75, 3.05) is 24.6 Å². The second-order valence-electron chi connectivity index (χ2n) is 6.74. The van der Waals surface area contributed by atoms with Crippen molar-refractivity contribution >= 4 is 51.2 Å². The summed E-state index contributed by atoms with van der Waals surface area (Å²) < 4.78 is 12.2. The molecule has 0 unspecified atom stereocenters. The molecule has 0 aliphatic carbocycles. The van der Waals surface area contributed by atoms with Gasteiger partial charge in [0.1, 0.15) is 12.7 Å². The van der Waals surface area contributed by atoms with E-state index in [0.29, 0.717) is 19.7 Å². The largest absolute Gasteiger partial charge is 0.442 e. The van der Waals surface area contributed by atoms with Crippen molar-refractivity contribution in [3.8, 4) is 0 Å². The summed E-state index contributed by atoms with van der Waals surface area (Å²) in [5.41, 5.74) is 1.77. The third-order valence-corrected chi connectivity index (χ3v) is 5.19. The van der Waals surface area contributed by atoms with E-state index < -0.39 is 18.0 Å². The maximum absolute atomic E-state index is 12.1. The lowest BCUT2D eigenvalue weighted by Gasteiger charge is -2.13. The summed E-state index contributed by atoms with van der Waals surface area (Å²) in [6, 6.07) is 5.76. The summed E-state index contributed by atoms with van der Waals surface area (Å²) in [4.78, 5) is 50.2. The van der Waals surface area contributed by atoms with Crippen molar-refractivity contribution < 1.29 is 33.5 Å². The Labute approximate surface area is 188 Å². The monoisotopic (exact) mass is 466 g/mol. The minimum absolute atomic E-state index is 0.146. The van der Waals surface area contributed by atoms with Crippen molar-refractivity contribution in [1.82, 2.24) is 9.88 Å². The number of carbonyl (C=O) groups excluding carboxylic acids is 4. The van der Waals surface area contributed by atoms with Gasteiger partial charge >= 0.3 is 18.0 Å². The van der Waals surface area contributed by atoms with Crippen molar-refractivity contribution in [2.45, 2.75) is 33.8 Å². The molecule has 11 nitrogen and oxygen atoms in total. The van der Waals surface area contributed by atoms with Crippen LogP contribution in [0, 0.1) is 0 Å². The van der Waals surface area contributed by atoms with Gasteiger partial charge in [0, 0.05) is 33.5 Å². The van der Waals surface area contributed by atoms with Gasteiger partial charge in [0.2, 0.25) is 10.7 Å². The number of hydrogen-bond acceptors (Lipinski definition) is 9. The fourth-order valence-electron chi connectivity index (χ4n) is 2.80. The minimum Gasteiger partial charge on any atom is -0.442 e. The predicted octanol–water partition coefficient (Wildman–Crippen LogP) is 1.65. The number of cyclic esters (lactones) is 1. The second-order valence-corrected chi connectivity index (χ2v) is 7.75. The van der Waals surface area contributed by atoms with Gasteiger partial charge in [-0.2, -0.15) is 0 Å². The number of thiazole rings is 1. The highest BCUT2D eigenvalue weighted by atomic mass is 32.1. The van der Waals surface area contributed by atoms with Crippen LogP contribution in [0.3, 0.4) is 0 Å². The Morgan fingerprint density at radius 1 is 1.25 bits per heavy atom. The van der Waals surface area contributed by atoms with E-state index in [2.05, 4.69) is 15.2 Å². The highest BCUT2D eigenvalue weighted by Crippen LogP contribution is 2.27. The Kier molecular flexibility index (Phi) is 8.76. The average Bonchev–Trinajstić information content (AvgIpc) is 3.23. The molecule has 0 saturated carbocycles. The maximum Gasteiger partial charge on any atom is 0.414 e. The third kappa shape index (κ3) is 6.80. The van der Waals surface area contributed by atoms with Gasteiger partial charge in [-0.3, -0.25) is 19.3 Å². The topological polar surface area (TPSA) is 129 Å². The molecule has 2 aromatic rings. The lowest BCUT2D eigenvalue weighted by molar-refractivity contribution is -0.156. The van der Waals surface area contributed by atoms with Gasteiger partial charge in [-0.25, -0.2) is 4.79 Å². The number of nitrogens with zero attached hydrogens (tertiary/aromatic N) is 3. The number of benzene rings is 1.